The second-order valence-corrected chi connectivity index (χ2v) is 6.99. The van der Waals surface area contributed by atoms with Crippen LogP contribution in [0.15, 0.2) is 103 Å². The molecule has 0 spiro atoms. The van der Waals surface area contributed by atoms with Gasteiger partial charge in [-0.2, -0.15) is 0 Å². The van der Waals surface area contributed by atoms with E-state index in [0.717, 1.165) is 16.7 Å². The molecule has 0 heteroatoms. The van der Waals surface area contributed by atoms with Crippen LogP contribution in [0.2, 0.25) is 0 Å². The fourth-order valence-electron chi connectivity index (χ4n) is 3.25. The molecule has 0 heterocycles. The van der Waals surface area contributed by atoms with E-state index in [1.807, 2.05) is 24.3 Å². The van der Waals surface area contributed by atoms with E-state index in [-0.39, 0.29) is 0 Å². The highest BCUT2D eigenvalue weighted by Gasteiger charge is 2.02. The van der Waals surface area contributed by atoms with Crippen LogP contribution < -0.4 is 0 Å². The first kappa shape index (κ1) is 19.4. The molecule has 0 atom stereocenters. The van der Waals surface area contributed by atoms with Gasteiger partial charge in [-0.15, -0.1) is 0 Å². The highest BCUT2D eigenvalue weighted by Crippen LogP contribution is 2.23. The predicted molar refractivity (Wildman–Crippen MR) is 131 cm³/mol. The minimum Gasteiger partial charge on any atom is -0.0622 e. The van der Waals surface area contributed by atoms with Crippen LogP contribution in [0.4, 0.5) is 0 Å². The third-order valence-corrected chi connectivity index (χ3v) is 4.84. The van der Waals surface area contributed by atoms with Crippen molar-refractivity contribution in [1.29, 1.82) is 0 Å². The summed E-state index contributed by atoms with van der Waals surface area (Å²) in [5, 5.41) is 0. The minimum absolute atomic E-state index is 1.07. The van der Waals surface area contributed by atoms with Gasteiger partial charge in [0.05, 0.1) is 0 Å². The van der Waals surface area contributed by atoms with E-state index in [0.29, 0.717) is 0 Å². The van der Waals surface area contributed by atoms with E-state index < -0.39 is 0 Å². The molecule has 30 heavy (non-hydrogen) atoms. The average Bonchev–Trinajstić information content (AvgIpc) is 2.82. The molecule has 0 aliphatic carbocycles. The van der Waals surface area contributed by atoms with Gasteiger partial charge in [-0.05, 0) is 39.4 Å². The third kappa shape index (κ3) is 5.33. The van der Waals surface area contributed by atoms with Crippen LogP contribution in [0.1, 0.15) is 33.4 Å². The molecule has 4 rings (SSSR count). The standard InChI is InChI=1S/C30H23/c1-4-11-25(12-5-1)19-22-28-17-10-18-29(23-20-26-13-6-2-7-14-26)30(28)24-21-27-15-8-3-9-16-27/h1-17,19-24H. The van der Waals surface area contributed by atoms with E-state index in [9.17, 15) is 0 Å². The van der Waals surface area contributed by atoms with Gasteiger partial charge in [0.25, 0.3) is 0 Å². The van der Waals surface area contributed by atoms with Gasteiger partial charge in [0.1, 0.15) is 0 Å². The monoisotopic (exact) mass is 383 g/mol. The Morgan fingerprint density at radius 1 is 0.433 bits per heavy atom. The van der Waals surface area contributed by atoms with Crippen LogP contribution >= 0.6 is 0 Å². The Morgan fingerprint density at radius 3 is 1.43 bits per heavy atom. The zero-order valence-electron chi connectivity index (χ0n) is 16.8. The fourth-order valence-corrected chi connectivity index (χ4v) is 3.25. The predicted octanol–water partition coefficient (Wildman–Crippen LogP) is 8.00. The summed E-state index contributed by atoms with van der Waals surface area (Å²) >= 11 is 0. The van der Waals surface area contributed by atoms with Crippen molar-refractivity contribution >= 4 is 36.5 Å². The molecule has 0 amide bonds. The van der Waals surface area contributed by atoms with Gasteiger partial charge in [-0.1, -0.05) is 140 Å². The Kier molecular flexibility index (Phi) is 6.50. The van der Waals surface area contributed by atoms with Crippen LogP contribution in [0.25, 0.3) is 36.5 Å². The quantitative estimate of drug-likeness (QED) is 0.296. The molecule has 1 radical (unpaired) electrons. The fraction of sp³-hybridized carbons (Fsp3) is 0. The van der Waals surface area contributed by atoms with Crippen molar-refractivity contribution in [2.75, 3.05) is 0 Å². The molecule has 4 aromatic rings. The van der Waals surface area contributed by atoms with E-state index in [2.05, 4.69) is 121 Å². The smallest absolute Gasteiger partial charge is 0.00987 e. The Bertz CT molecular complexity index is 1080. The van der Waals surface area contributed by atoms with Gasteiger partial charge < -0.3 is 0 Å². The summed E-state index contributed by atoms with van der Waals surface area (Å²) < 4.78 is 0. The molecule has 0 aliphatic rings. The Morgan fingerprint density at radius 2 is 0.900 bits per heavy atom. The summed E-state index contributed by atoms with van der Waals surface area (Å²) in [6.45, 7) is 0. The highest BCUT2D eigenvalue weighted by atomic mass is 14.1. The zero-order chi connectivity index (χ0) is 20.4. The molecule has 0 aliphatic heterocycles. The van der Waals surface area contributed by atoms with Gasteiger partial charge in [-0.25, -0.2) is 0 Å². The summed E-state index contributed by atoms with van der Waals surface area (Å²) in [5.74, 6) is 0. The Hall–Kier alpha value is -3.90. The first-order valence-corrected chi connectivity index (χ1v) is 10.1. The molecule has 0 unspecified atom stereocenters. The molecule has 0 saturated carbocycles. The average molecular weight is 384 g/mol. The zero-order valence-corrected chi connectivity index (χ0v) is 16.8. The lowest BCUT2D eigenvalue weighted by molar-refractivity contribution is 1.56. The maximum Gasteiger partial charge on any atom is -0.00987 e. The molecule has 0 bridgehead atoms. The van der Waals surface area contributed by atoms with E-state index >= 15 is 0 Å². The van der Waals surface area contributed by atoms with Crippen molar-refractivity contribution in [3.63, 3.8) is 0 Å². The van der Waals surface area contributed by atoms with Gasteiger partial charge in [0, 0.05) is 0 Å². The van der Waals surface area contributed by atoms with E-state index in [1.165, 1.54) is 16.7 Å². The number of benzene rings is 4. The normalized spacial score (nSPS) is 11.6. The first-order valence-electron chi connectivity index (χ1n) is 10.1. The maximum absolute atomic E-state index is 3.41. The van der Waals surface area contributed by atoms with Crippen molar-refractivity contribution in [2.24, 2.45) is 0 Å². The lowest BCUT2D eigenvalue weighted by Crippen LogP contribution is -1.87. The summed E-state index contributed by atoms with van der Waals surface area (Å²) in [7, 11) is 0. The van der Waals surface area contributed by atoms with Crippen LogP contribution in [0.5, 0.6) is 0 Å². The van der Waals surface area contributed by atoms with Gasteiger partial charge in [-0.3, -0.25) is 0 Å². The summed E-state index contributed by atoms with van der Waals surface area (Å²) in [6, 6.07) is 38.6. The van der Waals surface area contributed by atoms with Crippen molar-refractivity contribution < 1.29 is 0 Å². The van der Waals surface area contributed by atoms with Crippen LogP contribution in [-0.2, 0) is 0 Å². The second kappa shape index (κ2) is 10.0. The van der Waals surface area contributed by atoms with E-state index in [4.69, 9.17) is 0 Å². The summed E-state index contributed by atoms with van der Waals surface area (Å²) in [5.41, 5.74) is 6.93. The summed E-state index contributed by atoms with van der Waals surface area (Å²) in [4.78, 5) is 0. The van der Waals surface area contributed by atoms with Crippen molar-refractivity contribution in [1.82, 2.24) is 0 Å². The van der Waals surface area contributed by atoms with Crippen LogP contribution in [0, 0.1) is 6.07 Å². The van der Waals surface area contributed by atoms with E-state index in [1.54, 1.807) is 0 Å². The Labute approximate surface area is 179 Å². The molecule has 0 fully saturated rings. The molecule has 0 saturated heterocycles. The maximum atomic E-state index is 3.41. The Balaban J connectivity index is 1.72. The second-order valence-electron chi connectivity index (χ2n) is 6.99. The SMILES string of the molecule is [c]1ccc(C=Cc2ccccc2)c(C=Cc2ccccc2)c1C=Cc1ccccc1. The first-order chi connectivity index (χ1) is 14.9. The van der Waals surface area contributed by atoms with Gasteiger partial charge >= 0.3 is 0 Å². The number of hydrogen-bond acceptors (Lipinski definition) is 0. The van der Waals surface area contributed by atoms with Crippen LogP contribution in [0.3, 0.4) is 0 Å². The molecular formula is C30H23. The molecule has 0 N–H and O–H groups in total. The van der Waals surface area contributed by atoms with Crippen molar-refractivity contribution in [3.05, 3.63) is 143 Å². The van der Waals surface area contributed by atoms with Gasteiger partial charge in [0.2, 0.25) is 0 Å². The number of hydrogen-bond donors (Lipinski definition) is 0. The van der Waals surface area contributed by atoms with Crippen LogP contribution in [-0.4, -0.2) is 0 Å². The highest BCUT2D eigenvalue weighted by molar-refractivity contribution is 5.85. The molecule has 4 aromatic carbocycles. The topological polar surface area (TPSA) is 0 Å². The molecule has 0 nitrogen and oxygen atoms in total. The lowest BCUT2D eigenvalue weighted by atomic mass is 9.97. The lowest BCUT2D eigenvalue weighted by Gasteiger charge is -2.07. The minimum atomic E-state index is 1.07. The molecule has 143 valence electrons. The number of rotatable bonds is 6. The van der Waals surface area contributed by atoms with Crippen molar-refractivity contribution in [3.8, 4) is 0 Å². The van der Waals surface area contributed by atoms with Gasteiger partial charge in [0.15, 0.2) is 0 Å². The molecule has 0 aromatic heterocycles. The third-order valence-electron chi connectivity index (χ3n) is 4.84. The largest absolute Gasteiger partial charge is 0.0622 e. The molecular weight excluding hydrogens is 360 g/mol. The summed E-state index contributed by atoms with van der Waals surface area (Å²) in [6.07, 6.45) is 12.9. The van der Waals surface area contributed by atoms with Crippen molar-refractivity contribution in [2.45, 2.75) is 0 Å².